The van der Waals surface area contributed by atoms with Crippen molar-refractivity contribution in [3.8, 4) is 5.75 Å². The van der Waals surface area contributed by atoms with Crippen LogP contribution < -0.4 is 10.1 Å². The largest absolute Gasteiger partial charge is 0.496 e. The van der Waals surface area contributed by atoms with Gasteiger partial charge in [0.25, 0.3) is 5.91 Å². The zero-order valence-electron chi connectivity index (χ0n) is 12.0. The van der Waals surface area contributed by atoms with Crippen LogP contribution in [0.3, 0.4) is 0 Å². The van der Waals surface area contributed by atoms with E-state index in [4.69, 9.17) is 4.74 Å². The van der Waals surface area contributed by atoms with E-state index < -0.39 is 0 Å². The third-order valence-corrected chi connectivity index (χ3v) is 3.28. The van der Waals surface area contributed by atoms with Gasteiger partial charge >= 0.3 is 0 Å². The van der Waals surface area contributed by atoms with E-state index in [-0.39, 0.29) is 5.91 Å². The normalized spacial score (nSPS) is 10.3. The van der Waals surface area contributed by atoms with Crippen LogP contribution in [0.25, 0.3) is 0 Å². The van der Waals surface area contributed by atoms with Gasteiger partial charge in [-0.25, -0.2) is 0 Å². The number of nitrogens with one attached hydrogen (secondary N) is 1. The van der Waals surface area contributed by atoms with Gasteiger partial charge in [-0.05, 0) is 19.9 Å². The number of carbonyl (C=O) groups is 1. The lowest BCUT2D eigenvalue weighted by Crippen LogP contribution is -2.23. The fourth-order valence-corrected chi connectivity index (χ4v) is 2.11. The highest BCUT2D eigenvalue weighted by Crippen LogP contribution is 2.17. The van der Waals surface area contributed by atoms with Crippen LogP contribution in [0.2, 0.25) is 0 Å². The van der Waals surface area contributed by atoms with Gasteiger partial charge in [0.1, 0.15) is 5.75 Å². The first-order valence-electron chi connectivity index (χ1n) is 6.59. The number of carbonyl (C=O) groups excluding carboxylic acids is 1. The number of ether oxygens (including phenoxy) is 1. The Labute approximate surface area is 118 Å². The molecule has 0 saturated heterocycles. The second kappa shape index (κ2) is 6.23. The second-order valence-corrected chi connectivity index (χ2v) is 4.45. The van der Waals surface area contributed by atoms with Crippen molar-refractivity contribution in [3.63, 3.8) is 0 Å². The van der Waals surface area contributed by atoms with Crippen molar-refractivity contribution in [1.82, 2.24) is 15.1 Å². The van der Waals surface area contributed by atoms with Crippen LogP contribution in [-0.2, 0) is 13.1 Å². The summed E-state index contributed by atoms with van der Waals surface area (Å²) in [4.78, 5) is 12.2. The van der Waals surface area contributed by atoms with Crippen molar-refractivity contribution >= 4 is 5.91 Å². The van der Waals surface area contributed by atoms with Gasteiger partial charge < -0.3 is 10.1 Å². The predicted molar refractivity (Wildman–Crippen MR) is 76.8 cm³/mol. The number of hydrogen-bond acceptors (Lipinski definition) is 3. The van der Waals surface area contributed by atoms with Crippen LogP contribution in [0.15, 0.2) is 30.5 Å². The first-order valence-corrected chi connectivity index (χ1v) is 6.59. The van der Waals surface area contributed by atoms with E-state index in [1.54, 1.807) is 18.0 Å². The predicted octanol–water partition coefficient (Wildman–Crippen LogP) is 2.15. The Morgan fingerprint density at radius 3 is 2.80 bits per heavy atom. The molecule has 0 radical (unpaired) electrons. The van der Waals surface area contributed by atoms with Crippen LogP contribution in [0.5, 0.6) is 5.75 Å². The fourth-order valence-electron chi connectivity index (χ4n) is 2.11. The van der Waals surface area contributed by atoms with E-state index in [9.17, 15) is 4.79 Å². The zero-order chi connectivity index (χ0) is 14.5. The van der Waals surface area contributed by atoms with Crippen LogP contribution >= 0.6 is 0 Å². The molecule has 0 saturated carbocycles. The van der Waals surface area contributed by atoms with E-state index >= 15 is 0 Å². The van der Waals surface area contributed by atoms with Crippen molar-refractivity contribution in [2.75, 3.05) is 7.11 Å². The first kappa shape index (κ1) is 14.1. The van der Waals surface area contributed by atoms with Gasteiger partial charge in [0, 0.05) is 24.3 Å². The molecule has 2 rings (SSSR count). The maximum Gasteiger partial charge on any atom is 0.255 e. The molecule has 1 amide bonds. The molecule has 2 aromatic rings. The molecule has 1 N–H and O–H groups in total. The molecule has 0 unspecified atom stereocenters. The molecule has 0 atom stereocenters. The van der Waals surface area contributed by atoms with E-state index in [2.05, 4.69) is 10.4 Å². The summed E-state index contributed by atoms with van der Waals surface area (Å²) in [5, 5.41) is 7.07. The molecule has 0 aliphatic carbocycles. The Balaban J connectivity index is 2.07. The van der Waals surface area contributed by atoms with Crippen molar-refractivity contribution in [3.05, 3.63) is 47.3 Å². The summed E-state index contributed by atoms with van der Waals surface area (Å²) in [6, 6.07) is 7.63. The average Bonchev–Trinajstić information content (AvgIpc) is 2.86. The minimum atomic E-state index is -0.117. The Kier molecular flexibility index (Phi) is 4.40. The van der Waals surface area contributed by atoms with Gasteiger partial charge in [-0.3, -0.25) is 9.48 Å². The fraction of sp³-hybridized carbons (Fsp3) is 0.333. The van der Waals surface area contributed by atoms with Gasteiger partial charge in [0.15, 0.2) is 0 Å². The lowest BCUT2D eigenvalue weighted by Gasteiger charge is -2.09. The van der Waals surface area contributed by atoms with E-state index in [0.717, 1.165) is 23.6 Å². The number of methoxy groups -OCH3 is 1. The number of amides is 1. The summed E-state index contributed by atoms with van der Waals surface area (Å²) in [6.07, 6.45) is 1.61. The average molecular weight is 273 g/mol. The Morgan fingerprint density at radius 1 is 1.40 bits per heavy atom. The van der Waals surface area contributed by atoms with Crippen molar-refractivity contribution < 1.29 is 9.53 Å². The molecule has 20 heavy (non-hydrogen) atoms. The summed E-state index contributed by atoms with van der Waals surface area (Å²) in [7, 11) is 1.62. The Bertz CT molecular complexity index is 605. The molecule has 0 aliphatic rings. The zero-order valence-corrected chi connectivity index (χ0v) is 12.0. The number of nitrogens with zero attached hydrogens (tertiary/aromatic N) is 2. The number of aromatic nitrogens is 2. The highest BCUT2D eigenvalue weighted by atomic mass is 16.5. The summed E-state index contributed by atoms with van der Waals surface area (Å²) < 4.78 is 7.06. The Morgan fingerprint density at radius 2 is 2.15 bits per heavy atom. The van der Waals surface area contributed by atoms with E-state index in [0.29, 0.717) is 12.1 Å². The summed E-state index contributed by atoms with van der Waals surface area (Å²) in [5.74, 6) is 0.655. The smallest absolute Gasteiger partial charge is 0.255 e. The number of para-hydroxylation sites is 1. The standard InChI is InChI=1S/C15H19N3O2/c1-4-18-11(2)13(10-17-18)15(19)16-9-12-7-5-6-8-14(12)20-3/h5-8,10H,4,9H2,1-3H3,(H,16,19). The highest BCUT2D eigenvalue weighted by molar-refractivity contribution is 5.95. The van der Waals surface area contributed by atoms with Gasteiger partial charge in [-0.15, -0.1) is 0 Å². The van der Waals surface area contributed by atoms with Crippen LogP contribution in [0, 0.1) is 6.92 Å². The molecule has 0 bridgehead atoms. The number of aryl methyl sites for hydroxylation is 1. The molecule has 5 nitrogen and oxygen atoms in total. The number of hydrogen-bond donors (Lipinski definition) is 1. The van der Waals surface area contributed by atoms with Crippen LogP contribution in [0.1, 0.15) is 28.5 Å². The highest BCUT2D eigenvalue weighted by Gasteiger charge is 2.13. The van der Waals surface area contributed by atoms with E-state index in [1.807, 2.05) is 38.1 Å². The van der Waals surface area contributed by atoms with E-state index in [1.165, 1.54) is 0 Å². The first-order chi connectivity index (χ1) is 9.67. The minimum Gasteiger partial charge on any atom is -0.496 e. The van der Waals surface area contributed by atoms with Gasteiger partial charge in [0.2, 0.25) is 0 Å². The SMILES string of the molecule is CCn1ncc(C(=O)NCc2ccccc2OC)c1C. The third kappa shape index (κ3) is 2.82. The lowest BCUT2D eigenvalue weighted by atomic mass is 10.2. The Hall–Kier alpha value is -2.30. The quantitative estimate of drug-likeness (QED) is 0.908. The topological polar surface area (TPSA) is 56.2 Å². The molecule has 1 heterocycles. The molecule has 5 heteroatoms. The molecular weight excluding hydrogens is 254 g/mol. The maximum atomic E-state index is 12.2. The van der Waals surface area contributed by atoms with Crippen molar-refractivity contribution in [1.29, 1.82) is 0 Å². The van der Waals surface area contributed by atoms with Gasteiger partial charge in [0.05, 0.1) is 18.9 Å². The van der Waals surface area contributed by atoms with Crippen LogP contribution in [-0.4, -0.2) is 22.8 Å². The summed E-state index contributed by atoms with van der Waals surface area (Å²) in [6.45, 7) is 5.08. The van der Waals surface area contributed by atoms with Gasteiger partial charge in [-0.2, -0.15) is 5.10 Å². The van der Waals surface area contributed by atoms with Crippen molar-refractivity contribution in [2.24, 2.45) is 0 Å². The molecule has 0 aliphatic heterocycles. The third-order valence-electron chi connectivity index (χ3n) is 3.28. The second-order valence-electron chi connectivity index (χ2n) is 4.45. The summed E-state index contributed by atoms with van der Waals surface area (Å²) >= 11 is 0. The number of rotatable bonds is 5. The molecule has 1 aromatic carbocycles. The van der Waals surface area contributed by atoms with Gasteiger partial charge in [-0.1, -0.05) is 18.2 Å². The number of benzene rings is 1. The monoisotopic (exact) mass is 273 g/mol. The summed E-state index contributed by atoms with van der Waals surface area (Å²) in [5.41, 5.74) is 2.44. The molecule has 1 aromatic heterocycles. The molecule has 106 valence electrons. The minimum absolute atomic E-state index is 0.117. The molecular formula is C15H19N3O2. The van der Waals surface area contributed by atoms with Crippen molar-refractivity contribution in [2.45, 2.75) is 26.9 Å². The lowest BCUT2D eigenvalue weighted by molar-refractivity contribution is 0.0950. The molecule has 0 fully saturated rings. The van der Waals surface area contributed by atoms with Crippen LogP contribution in [0.4, 0.5) is 0 Å². The maximum absolute atomic E-state index is 12.2. The molecule has 0 spiro atoms.